The van der Waals surface area contributed by atoms with Gasteiger partial charge in [-0.3, -0.25) is 0 Å². The Bertz CT molecular complexity index is 539. The fourth-order valence-corrected chi connectivity index (χ4v) is 2.67. The van der Waals surface area contributed by atoms with E-state index in [1.54, 1.807) is 7.11 Å². The molecular weight excluding hydrogens is 258 g/mol. The van der Waals surface area contributed by atoms with Crippen molar-refractivity contribution < 1.29 is 9.84 Å². The Kier molecular flexibility index (Phi) is 3.66. The van der Waals surface area contributed by atoms with Crippen molar-refractivity contribution in [2.45, 2.75) is 13.5 Å². The normalized spacial score (nSPS) is 10.6. The molecular formula is C12H12ClNO2S. The second-order valence-corrected chi connectivity index (χ2v) is 5.03. The predicted octanol–water partition coefficient (Wildman–Crippen LogP) is 3.27. The molecule has 17 heavy (non-hydrogen) atoms. The van der Waals surface area contributed by atoms with Crippen LogP contribution in [0.15, 0.2) is 18.2 Å². The maximum absolute atomic E-state index is 9.14. The van der Waals surface area contributed by atoms with Gasteiger partial charge in [-0.05, 0) is 25.1 Å². The Labute approximate surface area is 109 Å². The van der Waals surface area contributed by atoms with Crippen LogP contribution < -0.4 is 4.74 Å². The molecule has 0 unspecified atom stereocenters. The van der Waals surface area contributed by atoms with E-state index in [9.17, 15) is 0 Å². The zero-order valence-corrected chi connectivity index (χ0v) is 11.1. The van der Waals surface area contributed by atoms with Crippen LogP contribution in [0.2, 0.25) is 5.02 Å². The van der Waals surface area contributed by atoms with Gasteiger partial charge in [0.15, 0.2) is 0 Å². The van der Waals surface area contributed by atoms with E-state index >= 15 is 0 Å². The van der Waals surface area contributed by atoms with E-state index in [0.717, 1.165) is 21.1 Å². The lowest BCUT2D eigenvalue weighted by Gasteiger charge is -2.03. The van der Waals surface area contributed by atoms with Crippen LogP contribution >= 0.6 is 22.9 Å². The average molecular weight is 270 g/mol. The van der Waals surface area contributed by atoms with E-state index in [0.29, 0.717) is 10.8 Å². The van der Waals surface area contributed by atoms with E-state index in [2.05, 4.69) is 4.98 Å². The number of hydrogen-bond donors (Lipinski definition) is 1. The van der Waals surface area contributed by atoms with E-state index in [1.807, 2.05) is 25.1 Å². The minimum absolute atomic E-state index is 0.0212. The molecule has 0 aliphatic heterocycles. The van der Waals surface area contributed by atoms with Crippen molar-refractivity contribution in [1.29, 1.82) is 0 Å². The van der Waals surface area contributed by atoms with Crippen LogP contribution in [-0.2, 0) is 6.61 Å². The lowest BCUT2D eigenvalue weighted by atomic mass is 10.2. The molecule has 3 nitrogen and oxygen atoms in total. The third kappa shape index (κ3) is 2.44. The zero-order chi connectivity index (χ0) is 12.4. The van der Waals surface area contributed by atoms with Gasteiger partial charge in [-0.1, -0.05) is 11.6 Å². The molecule has 1 aromatic heterocycles. The summed E-state index contributed by atoms with van der Waals surface area (Å²) in [6.45, 7) is 1.91. The number of methoxy groups -OCH3 is 1. The molecule has 0 spiro atoms. The fourth-order valence-electron chi connectivity index (χ4n) is 1.50. The summed E-state index contributed by atoms with van der Waals surface area (Å²) in [5.74, 6) is 0.645. The van der Waals surface area contributed by atoms with Crippen molar-refractivity contribution in [1.82, 2.24) is 4.98 Å². The number of thiazole rings is 1. The molecule has 0 amide bonds. The molecule has 90 valence electrons. The van der Waals surface area contributed by atoms with E-state index < -0.39 is 0 Å². The number of aryl methyl sites for hydroxylation is 1. The summed E-state index contributed by atoms with van der Waals surface area (Å²) in [6.07, 6.45) is 0. The summed E-state index contributed by atoms with van der Waals surface area (Å²) in [5, 5.41) is 10.6. The summed E-state index contributed by atoms with van der Waals surface area (Å²) >= 11 is 7.54. The SMILES string of the molecule is COc1ccc(-c2nc(C)c(CO)s2)cc1Cl. The molecule has 0 aliphatic carbocycles. The highest BCUT2D eigenvalue weighted by molar-refractivity contribution is 7.15. The summed E-state index contributed by atoms with van der Waals surface area (Å²) in [5.41, 5.74) is 1.79. The molecule has 1 N–H and O–H groups in total. The molecule has 0 saturated carbocycles. The molecule has 0 saturated heterocycles. The number of ether oxygens (including phenoxy) is 1. The van der Waals surface area contributed by atoms with Crippen molar-refractivity contribution in [2.24, 2.45) is 0 Å². The molecule has 1 aromatic carbocycles. The number of rotatable bonds is 3. The van der Waals surface area contributed by atoms with Crippen LogP contribution in [0.1, 0.15) is 10.6 Å². The quantitative estimate of drug-likeness (QED) is 0.930. The predicted molar refractivity (Wildman–Crippen MR) is 69.8 cm³/mol. The number of hydrogen-bond acceptors (Lipinski definition) is 4. The number of nitrogens with zero attached hydrogens (tertiary/aromatic N) is 1. The maximum Gasteiger partial charge on any atom is 0.137 e. The number of benzene rings is 1. The van der Waals surface area contributed by atoms with Crippen molar-refractivity contribution in [3.8, 4) is 16.3 Å². The van der Waals surface area contributed by atoms with Crippen LogP contribution in [0.3, 0.4) is 0 Å². The molecule has 0 fully saturated rings. The maximum atomic E-state index is 9.14. The van der Waals surface area contributed by atoms with Gasteiger partial charge in [-0.2, -0.15) is 0 Å². The van der Waals surface area contributed by atoms with Gasteiger partial charge in [0, 0.05) is 5.56 Å². The van der Waals surface area contributed by atoms with Crippen LogP contribution in [-0.4, -0.2) is 17.2 Å². The zero-order valence-electron chi connectivity index (χ0n) is 9.53. The van der Waals surface area contributed by atoms with E-state index in [4.69, 9.17) is 21.4 Å². The van der Waals surface area contributed by atoms with Gasteiger partial charge >= 0.3 is 0 Å². The largest absolute Gasteiger partial charge is 0.495 e. The van der Waals surface area contributed by atoms with Gasteiger partial charge in [0.25, 0.3) is 0 Å². The van der Waals surface area contributed by atoms with Crippen molar-refractivity contribution in [3.63, 3.8) is 0 Å². The highest BCUT2D eigenvalue weighted by atomic mass is 35.5. The molecule has 0 radical (unpaired) electrons. The average Bonchev–Trinajstić information content (AvgIpc) is 2.70. The van der Waals surface area contributed by atoms with Crippen LogP contribution in [0.25, 0.3) is 10.6 Å². The van der Waals surface area contributed by atoms with Crippen LogP contribution in [0.4, 0.5) is 0 Å². The van der Waals surface area contributed by atoms with Gasteiger partial charge in [0.1, 0.15) is 10.8 Å². The fraction of sp³-hybridized carbons (Fsp3) is 0.250. The Morgan fingerprint density at radius 3 is 2.76 bits per heavy atom. The standard InChI is InChI=1S/C12H12ClNO2S/c1-7-11(6-15)17-12(14-7)8-3-4-10(16-2)9(13)5-8/h3-5,15H,6H2,1-2H3. The molecule has 0 atom stereocenters. The second-order valence-electron chi connectivity index (χ2n) is 3.54. The molecule has 0 bridgehead atoms. The minimum atomic E-state index is 0.0212. The Hall–Kier alpha value is -1.10. The van der Waals surface area contributed by atoms with Gasteiger partial charge in [0.2, 0.25) is 0 Å². The first-order valence-electron chi connectivity index (χ1n) is 5.06. The van der Waals surface area contributed by atoms with Gasteiger partial charge in [-0.15, -0.1) is 11.3 Å². The van der Waals surface area contributed by atoms with Gasteiger partial charge in [0.05, 0.1) is 29.3 Å². The number of aliphatic hydroxyl groups excluding tert-OH is 1. The lowest BCUT2D eigenvalue weighted by molar-refractivity contribution is 0.284. The Morgan fingerprint density at radius 1 is 1.47 bits per heavy atom. The van der Waals surface area contributed by atoms with Crippen LogP contribution in [0.5, 0.6) is 5.75 Å². The highest BCUT2D eigenvalue weighted by Crippen LogP contribution is 2.33. The summed E-state index contributed by atoms with van der Waals surface area (Å²) < 4.78 is 5.10. The first-order chi connectivity index (χ1) is 8.15. The molecule has 5 heteroatoms. The minimum Gasteiger partial charge on any atom is -0.495 e. The Balaban J connectivity index is 2.42. The van der Waals surface area contributed by atoms with Gasteiger partial charge < -0.3 is 9.84 Å². The smallest absolute Gasteiger partial charge is 0.137 e. The summed E-state index contributed by atoms with van der Waals surface area (Å²) in [4.78, 5) is 5.29. The number of aromatic nitrogens is 1. The second kappa shape index (κ2) is 5.04. The van der Waals surface area contributed by atoms with Crippen molar-refractivity contribution in [2.75, 3.05) is 7.11 Å². The molecule has 2 rings (SSSR count). The first-order valence-corrected chi connectivity index (χ1v) is 6.26. The third-order valence-corrected chi connectivity index (χ3v) is 3.92. The van der Waals surface area contributed by atoms with Crippen LogP contribution in [0, 0.1) is 6.92 Å². The highest BCUT2D eigenvalue weighted by Gasteiger charge is 2.10. The molecule has 2 aromatic rings. The van der Waals surface area contributed by atoms with Gasteiger partial charge in [-0.25, -0.2) is 4.98 Å². The lowest BCUT2D eigenvalue weighted by Crippen LogP contribution is -1.85. The van der Waals surface area contributed by atoms with Crippen molar-refractivity contribution >= 4 is 22.9 Å². The monoisotopic (exact) mass is 269 g/mol. The summed E-state index contributed by atoms with van der Waals surface area (Å²) in [7, 11) is 1.58. The van der Waals surface area contributed by atoms with E-state index in [-0.39, 0.29) is 6.61 Å². The topological polar surface area (TPSA) is 42.4 Å². The third-order valence-electron chi connectivity index (χ3n) is 2.44. The molecule has 1 heterocycles. The Morgan fingerprint density at radius 2 is 2.24 bits per heavy atom. The first kappa shape index (κ1) is 12.4. The van der Waals surface area contributed by atoms with Crippen molar-refractivity contribution in [3.05, 3.63) is 33.8 Å². The van der Waals surface area contributed by atoms with E-state index in [1.165, 1.54) is 11.3 Å². The number of aliphatic hydroxyl groups is 1. The molecule has 0 aliphatic rings. The summed E-state index contributed by atoms with van der Waals surface area (Å²) in [6, 6.07) is 5.54. The number of halogens is 1.